The molecule has 0 aromatic carbocycles. The normalized spacial score (nSPS) is 16.1. The molecule has 1 aromatic heterocycles. The van der Waals surface area contributed by atoms with Gasteiger partial charge in [-0.15, -0.1) is 0 Å². The van der Waals surface area contributed by atoms with Gasteiger partial charge in [0.15, 0.2) is 11.6 Å². The molecular weight excluding hydrogens is 254 g/mol. The van der Waals surface area contributed by atoms with Gasteiger partial charge in [-0.3, -0.25) is 0 Å². The van der Waals surface area contributed by atoms with Crippen molar-refractivity contribution in [1.29, 1.82) is 0 Å². The van der Waals surface area contributed by atoms with Crippen molar-refractivity contribution >= 4 is 5.82 Å². The SMILES string of the molecule is CCCOc1cccnc1NCCOC1CCNCC1. The summed E-state index contributed by atoms with van der Waals surface area (Å²) in [5.41, 5.74) is 0. The second-order valence-corrected chi connectivity index (χ2v) is 4.95. The summed E-state index contributed by atoms with van der Waals surface area (Å²) in [7, 11) is 0. The Hall–Kier alpha value is -1.33. The van der Waals surface area contributed by atoms with E-state index in [-0.39, 0.29) is 0 Å². The van der Waals surface area contributed by atoms with Crippen LogP contribution in [-0.2, 0) is 4.74 Å². The number of hydrogen-bond donors (Lipinski definition) is 2. The number of pyridine rings is 1. The molecule has 1 aliphatic rings. The Labute approximate surface area is 121 Å². The summed E-state index contributed by atoms with van der Waals surface area (Å²) in [5.74, 6) is 1.62. The van der Waals surface area contributed by atoms with Gasteiger partial charge in [0, 0.05) is 12.7 Å². The maximum atomic E-state index is 5.85. The molecule has 5 heteroatoms. The number of anilines is 1. The minimum Gasteiger partial charge on any atom is -0.490 e. The highest BCUT2D eigenvalue weighted by molar-refractivity contribution is 5.49. The van der Waals surface area contributed by atoms with E-state index in [1.807, 2.05) is 12.1 Å². The van der Waals surface area contributed by atoms with E-state index >= 15 is 0 Å². The molecule has 1 fully saturated rings. The first-order valence-electron chi connectivity index (χ1n) is 7.54. The van der Waals surface area contributed by atoms with Crippen molar-refractivity contribution in [2.45, 2.75) is 32.3 Å². The minimum atomic E-state index is 0.401. The molecule has 2 heterocycles. The predicted octanol–water partition coefficient (Wildman–Crippen LogP) is 2.05. The molecule has 0 saturated carbocycles. The molecule has 0 radical (unpaired) electrons. The summed E-state index contributed by atoms with van der Waals surface area (Å²) in [6.07, 6.45) is 5.38. The Kier molecular flexibility index (Phi) is 6.60. The quantitative estimate of drug-likeness (QED) is 0.713. The molecule has 0 unspecified atom stereocenters. The van der Waals surface area contributed by atoms with Crippen LogP contribution < -0.4 is 15.4 Å². The highest BCUT2D eigenvalue weighted by Crippen LogP contribution is 2.20. The van der Waals surface area contributed by atoms with Crippen molar-refractivity contribution in [3.8, 4) is 5.75 Å². The highest BCUT2D eigenvalue weighted by Gasteiger charge is 2.12. The van der Waals surface area contributed by atoms with Gasteiger partial charge in [-0.2, -0.15) is 0 Å². The zero-order chi connectivity index (χ0) is 14.0. The molecule has 20 heavy (non-hydrogen) atoms. The van der Waals surface area contributed by atoms with Crippen LogP contribution >= 0.6 is 0 Å². The first-order valence-corrected chi connectivity index (χ1v) is 7.54. The van der Waals surface area contributed by atoms with Crippen molar-refractivity contribution in [3.63, 3.8) is 0 Å². The second-order valence-electron chi connectivity index (χ2n) is 4.95. The number of rotatable bonds is 8. The zero-order valence-electron chi connectivity index (χ0n) is 12.2. The Morgan fingerprint density at radius 3 is 3.00 bits per heavy atom. The van der Waals surface area contributed by atoms with E-state index in [1.165, 1.54) is 0 Å². The molecule has 0 amide bonds. The monoisotopic (exact) mass is 279 g/mol. The fourth-order valence-electron chi connectivity index (χ4n) is 2.21. The molecule has 112 valence electrons. The smallest absolute Gasteiger partial charge is 0.168 e. The van der Waals surface area contributed by atoms with Crippen LogP contribution in [0.15, 0.2) is 18.3 Å². The van der Waals surface area contributed by atoms with E-state index in [0.717, 1.165) is 50.5 Å². The number of piperidine rings is 1. The van der Waals surface area contributed by atoms with E-state index in [2.05, 4.69) is 22.5 Å². The lowest BCUT2D eigenvalue weighted by molar-refractivity contribution is 0.0394. The van der Waals surface area contributed by atoms with Crippen molar-refractivity contribution in [2.75, 3.05) is 38.2 Å². The van der Waals surface area contributed by atoms with Gasteiger partial charge in [0.05, 0.1) is 19.3 Å². The van der Waals surface area contributed by atoms with Crippen LogP contribution in [0.2, 0.25) is 0 Å². The summed E-state index contributed by atoms with van der Waals surface area (Å²) in [6, 6.07) is 3.83. The lowest BCUT2D eigenvalue weighted by Crippen LogP contribution is -2.33. The van der Waals surface area contributed by atoms with Gasteiger partial charge in [0.2, 0.25) is 0 Å². The Morgan fingerprint density at radius 1 is 1.35 bits per heavy atom. The standard InChI is InChI=1S/C15H25N3O2/c1-2-11-20-14-4-3-7-17-15(14)18-10-12-19-13-5-8-16-9-6-13/h3-4,7,13,16H,2,5-6,8-12H2,1H3,(H,17,18). The Morgan fingerprint density at radius 2 is 2.20 bits per heavy atom. The second kappa shape index (κ2) is 8.76. The Bertz CT molecular complexity index is 381. The third-order valence-corrected chi connectivity index (χ3v) is 3.27. The third-order valence-electron chi connectivity index (χ3n) is 3.27. The van der Waals surface area contributed by atoms with Gasteiger partial charge in [-0.1, -0.05) is 6.92 Å². The highest BCUT2D eigenvalue weighted by atomic mass is 16.5. The van der Waals surface area contributed by atoms with E-state index in [9.17, 15) is 0 Å². The van der Waals surface area contributed by atoms with Crippen LogP contribution in [0, 0.1) is 0 Å². The van der Waals surface area contributed by atoms with Gasteiger partial charge in [0.25, 0.3) is 0 Å². The number of nitrogens with one attached hydrogen (secondary N) is 2. The van der Waals surface area contributed by atoms with Crippen LogP contribution in [0.5, 0.6) is 5.75 Å². The number of aromatic nitrogens is 1. The first kappa shape index (κ1) is 15.1. The van der Waals surface area contributed by atoms with Gasteiger partial charge in [-0.25, -0.2) is 4.98 Å². The minimum absolute atomic E-state index is 0.401. The molecule has 0 bridgehead atoms. The summed E-state index contributed by atoms with van der Waals surface area (Å²) >= 11 is 0. The fraction of sp³-hybridized carbons (Fsp3) is 0.667. The molecular formula is C15H25N3O2. The lowest BCUT2D eigenvalue weighted by Gasteiger charge is -2.23. The van der Waals surface area contributed by atoms with E-state index in [0.29, 0.717) is 19.3 Å². The summed E-state index contributed by atoms with van der Waals surface area (Å²) in [4.78, 5) is 4.31. The molecule has 1 aromatic rings. The molecule has 0 spiro atoms. The summed E-state index contributed by atoms with van der Waals surface area (Å²) in [6.45, 7) is 6.39. The van der Waals surface area contributed by atoms with E-state index < -0.39 is 0 Å². The molecule has 1 saturated heterocycles. The average molecular weight is 279 g/mol. The fourth-order valence-corrected chi connectivity index (χ4v) is 2.21. The van der Waals surface area contributed by atoms with E-state index in [4.69, 9.17) is 9.47 Å². The lowest BCUT2D eigenvalue weighted by atomic mass is 10.1. The van der Waals surface area contributed by atoms with Crippen molar-refractivity contribution in [3.05, 3.63) is 18.3 Å². The van der Waals surface area contributed by atoms with Crippen molar-refractivity contribution < 1.29 is 9.47 Å². The molecule has 0 aliphatic carbocycles. The number of hydrogen-bond acceptors (Lipinski definition) is 5. The van der Waals surface area contributed by atoms with Crippen LogP contribution in [0.3, 0.4) is 0 Å². The summed E-state index contributed by atoms with van der Waals surface area (Å²) in [5, 5.41) is 6.62. The number of ether oxygens (including phenoxy) is 2. The van der Waals surface area contributed by atoms with Crippen LogP contribution in [-0.4, -0.2) is 43.9 Å². The predicted molar refractivity (Wildman–Crippen MR) is 80.4 cm³/mol. The third kappa shape index (κ3) is 4.98. The number of nitrogens with zero attached hydrogens (tertiary/aromatic N) is 1. The molecule has 5 nitrogen and oxygen atoms in total. The molecule has 0 atom stereocenters. The van der Waals surface area contributed by atoms with Crippen molar-refractivity contribution in [2.24, 2.45) is 0 Å². The van der Waals surface area contributed by atoms with Gasteiger partial charge < -0.3 is 20.1 Å². The van der Waals surface area contributed by atoms with Gasteiger partial charge in [0.1, 0.15) is 0 Å². The Balaban J connectivity index is 1.70. The molecule has 2 N–H and O–H groups in total. The summed E-state index contributed by atoms with van der Waals surface area (Å²) < 4.78 is 11.5. The van der Waals surface area contributed by atoms with Gasteiger partial charge in [-0.05, 0) is 44.5 Å². The van der Waals surface area contributed by atoms with Crippen molar-refractivity contribution in [1.82, 2.24) is 10.3 Å². The molecule has 2 rings (SSSR count). The van der Waals surface area contributed by atoms with Crippen LogP contribution in [0.4, 0.5) is 5.82 Å². The maximum Gasteiger partial charge on any atom is 0.168 e. The van der Waals surface area contributed by atoms with Crippen LogP contribution in [0.25, 0.3) is 0 Å². The largest absolute Gasteiger partial charge is 0.490 e. The van der Waals surface area contributed by atoms with E-state index in [1.54, 1.807) is 6.20 Å². The average Bonchev–Trinajstić information content (AvgIpc) is 2.51. The maximum absolute atomic E-state index is 5.85. The zero-order valence-corrected chi connectivity index (χ0v) is 12.2. The topological polar surface area (TPSA) is 55.4 Å². The van der Waals surface area contributed by atoms with Gasteiger partial charge >= 0.3 is 0 Å². The molecule has 1 aliphatic heterocycles. The first-order chi connectivity index (χ1) is 9.90. The van der Waals surface area contributed by atoms with Crippen LogP contribution in [0.1, 0.15) is 26.2 Å².